The fourth-order valence-corrected chi connectivity index (χ4v) is 4.19. The summed E-state index contributed by atoms with van der Waals surface area (Å²) in [7, 11) is 1.20. The van der Waals surface area contributed by atoms with E-state index in [9.17, 15) is 24.5 Å². The van der Waals surface area contributed by atoms with Gasteiger partial charge in [0.25, 0.3) is 11.6 Å². The van der Waals surface area contributed by atoms with Crippen molar-refractivity contribution < 1.29 is 28.8 Å². The molecule has 34 heavy (non-hydrogen) atoms. The molecule has 0 radical (unpaired) electrons. The predicted molar refractivity (Wildman–Crippen MR) is 126 cm³/mol. The van der Waals surface area contributed by atoms with Gasteiger partial charge < -0.3 is 14.4 Å². The zero-order chi connectivity index (χ0) is 24.7. The third kappa shape index (κ3) is 6.19. The van der Waals surface area contributed by atoms with Crippen LogP contribution in [-0.2, 0) is 23.9 Å². The molecule has 13 heteroatoms. The van der Waals surface area contributed by atoms with Gasteiger partial charge in [0.2, 0.25) is 0 Å². The van der Waals surface area contributed by atoms with Crippen LogP contribution in [0.15, 0.2) is 39.4 Å². The van der Waals surface area contributed by atoms with Crippen molar-refractivity contribution in [2.24, 2.45) is 16.1 Å². The first-order valence-corrected chi connectivity index (χ1v) is 11.2. The molecule has 3 rings (SSSR count). The van der Waals surface area contributed by atoms with Crippen LogP contribution in [0.5, 0.6) is 0 Å². The molecule has 0 bridgehead atoms. The Bertz CT molecular complexity index is 1080. The van der Waals surface area contributed by atoms with Gasteiger partial charge in [-0.1, -0.05) is 0 Å². The number of hydrogen-bond acceptors (Lipinski definition) is 11. The summed E-state index contributed by atoms with van der Waals surface area (Å²) in [6, 6.07) is 4.44. The minimum Gasteiger partial charge on any atom is -0.466 e. The first-order chi connectivity index (χ1) is 16.3. The number of carbonyl (C=O) groups is 3. The van der Waals surface area contributed by atoms with Crippen molar-refractivity contribution in [1.82, 2.24) is 5.32 Å². The van der Waals surface area contributed by atoms with E-state index in [4.69, 9.17) is 4.74 Å². The van der Waals surface area contributed by atoms with Crippen molar-refractivity contribution in [1.29, 1.82) is 0 Å². The summed E-state index contributed by atoms with van der Waals surface area (Å²) in [4.78, 5) is 48.1. The molecule has 2 aliphatic heterocycles. The van der Waals surface area contributed by atoms with Gasteiger partial charge in [0.05, 0.1) is 35.7 Å². The molecule has 12 nitrogen and oxygen atoms in total. The van der Waals surface area contributed by atoms with E-state index in [1.165, 1.54) is 25.5 Å². The number of hydrogen-bond donors (Lipinski definition) is 1. The van der Waals surface area contributed by atoms with Gasteiger partial charge >= 0.3 is 11.9 Å². The molecule has 2 fully saturated rings. The summed E-state index contributed by atoms with van der Waals surface area (Å²) in [5.41, 5.74) is 1.07. The lowest BCUT2D eigenvalue weighted by molar-refractivity contribution is -0.384. The van der Waals surface area contributed by atoms with E-state index in [1.54, 1.807) is 13.0 Å². The highest BCUT2D eigenvalue weighted by molar-refractivity contribution is 8.18. The monoisotopic (exact) mass is 489 g/mol. The number of benzene rings is 1. The number of nitro groups is 1. The van der Waals surface area contributed by atoms with E-state index < -0.39 is 16.8 Å². The zero-order valence-electron chi connectivity index (χ0n) is 18.6. The Balaban J connectivity index is 1.77. The van der Waals surface area contributed by atoms with Gasteiger partial charge in [0, 0.05) is 42.5 Å². The average Bonchev–Trinajstić information content (AvgIpc) is 3.17. The fourth-order valence-electron chi connectivity index (χ4n) is 3.45. The molecule has 2 heterocycles. The number of thioether (sulfide) groups is 1. The number of non-ortho nitro benzene ring substituents is 1. The van der Waals surface area contributed by atoms with Crippen molar-refractivity contribution in [2.75, 3.05) is 31.7 Å². The maximum atomic E-state index is 12.0. The quantitative estimate of drug-likeness (QED) is 0.199. The number of nitrogens with one attached hydrogen (secondary N) is 1. The molecule has 1 aromatic rings. The van der Waals surface area contributed by atoms with Crippen LogP contribution in [0.3, 0.4) is 0 Å². The van der Waals surface area contributed by atoms with Crippen LogP contribution < -0.4 is 10.2 Å². The largest absolute Gasteiger partial charge is 0.466 e. The van der Waals surface area contributed by atoms with Gasteiger partial charge in [-0.15, -0.1) is 5.10 Å². The maximum Gasteiger partial charge on any atom is 0.331 e. The highest BCUT2D eigenvalue weighted by Gasteiger charge is 2.28. The van der Waals surface area contributed by atoms with Crippen molar-refractivity contribution >= 4 is 52.4 Å². The second-order valence-electron chi connectivity index (χ2n) is 7.25. The minimum atomic E-state index is -0.671. The number of rotatable bonds is 7. The molecule has 180 valence electrons. The van der Waals surface area contributed by atoms with Crippen LogP contribution in [0.25, 0.3) is 0 Å². The number of nitrogens with zero attached hydrogens (tertiary/aromatic N) is 4. The first kappa shape index (κ1) is 24.9. The molecule has 0 unspecified atom stereocenters. The number of piperidine rings is 1. The number of amidine groups is 1. The van der Waals surface area contributed by atoms with Gasteiger partial charge in [0.15, 0.2) is 5.17 Å². The predicted octanol–water partition coefficient (Wildman–Crippen LogP) is 1.98. The van der Waals surface area contributed by atoms with E-state index in [0.717, 1.165) is 17.8 Å². The first-order valence-electron chi connectivity index (χ1n) is 10.4. The number of carbonyl (C=O) groups excluding carboxylic acids is 3. The molecule has 0 aliphatic carbocycles. The van der Waals surface area contributed by atoms with Crippen molar-refractivity contribution in [3.05, 3.63) is 44.9 Å². The lowest BCUT2D eigenvalue weighted by Gasteiger charge is -2.33. The molecule has 2 aliphatic rings. The Kier molecular flexibility index (Phi) is 8.35. The molecule has 0 saturated carbocycles. The lowest BCUT2D eigenvalue weighted by Crippen LogP contribution is -2.37. The fraction of sp³-hybridized carbons (Fsp3) is 0.381. The number of methoxy groups -OCH3 is 1. The van der Waals surface area contributed by atoms with E-state index in [0.29, 0.717) is 43.8 Å². The van der Waals surface area contributed by atoms with E-state index in [1.807, 2.05) is 4.90 Å². The van der Waals surface area contributed by atoms with Crippen LogP contribution >= 0.6 is 11.8 Å². The smallest absolute Gasteiger partial charge is 0.331 e. The second-order valence-corrected chi connectivity index (χ2v) is 8.28. The van der Waals surface area contributed by atoms with Crippen molar-refractivity contribution in [2.45, 2.75) is 19.8 Å². The molecule has 2 saturated heterocycles. The number of ether oxygens (including phenoxy) is 2. The van der Waals surface area contributed by atoms with Gasteiger partial charge in [-0.25, -0.2) is 4.79 Å². The lowest BCUT2D eigenvalue weighted by atomic mass is 9.96. The normalized spacial score (nSPS) is 19.0. The summed E-state index contributed by atoms with van der Waals surface area (Å²) in [6.07, 6.45) is 3.62. The Labute approximate surface area is 199 Å². The van der Waals surface area contributed by atoms with Crippen molar-refractivity contribution in [3.8, 4) is 0 Å². The molecule has 0 atom stereocenters. The maximum absolute atomic E-state index is 12.0. The van der Waals surface area contributed by atoms with E-state index in [-0.39, 0.29) is 27.6 Å². The highest BCUT2D eigenvalue weighted by atomic mass is 32.2. The van der Waals surface area contributed by atoms with Crippen LogP contribution in [0.4, 0.5) is 11.4 Å². The van der Waals surface area contributed by atoms with Crippen LogP contribution in [0.1, 0.15) is 25.3 Å². The summed E-state index contributed by atoms with van der Waals surface area (Å²) in [5.74, 6) is -1.56. The van der Waals surface area contributed by atoms with Crippen LogP contribution in [0.2, 0.25) is 0 Å². The number of esters is 2. The Hall–Kier alpha value is -3.74. The Morgan fingerprint density at radius 3 is 2.74 bits per heavy atom. The number of amides is 1. The summed E-state index contributed by atoms with van der Waals surface area (Å²) in [5, 5.41) is 21.8. The van der Waals surface area contributed by atoms with E-state index in [2.05, 4.69) is 20.3 Å². The van der Waals surface area contributed by atoms with Gasteiger partial charge in [-0.3, -0.25) is 25.0 Å². The minimum absolute atomic E-state index is 0.105. The molecular weight excluding hydrogens is 466 g/mol. The highest BCUT2D eigenvalue weighted by Crippen LogP contribution is 2.29. The SMILES string of the molecule is CCOC(=O)C1CCN(c2ccc([N+](=O)[O-])cc2C=N/N=C2/NC(=O)/C(=C\C(=O)OC)S2)CC1. The molecular formula is C21H23N5O7S. The van der Waals surface area contributed by atoms with Crippen LogP contribution in [0, 0.1) is 16.0 Å². The zero-order valence-corrected chi connectivity index (χ0v) is 19.4. The Morgan fingerprint density at radius 2 is 2.09 bits per heavy atom. The standard InChI is InChI=1S/C21H23N5O7S/c1-3-33-20(29)13-6-8-25(9-7-13)16-5-4-15(26(30)31)10-14(16)12-22-24-21-23-19(28)17(34-21)11-18(27)32-2/h4-5,10-13H,3,6-9H2,1-2H3,(H,23,24,28)/b17-11+,22-12?. The molecule has 0 aromatic heterocycles. The van der Waals surface area contributed by atoms with Gasteiger partial charge in [-0.05, 0) is 37.6 Å². The topological polar surface area (TPSA) is 153 Å². The number of anilines is 1. The second kappa shape index (κ2) is 11.4. The van der Waals surface area contributed by atoms with Gasteiger partial charge in [-0.2, -0.15) is 5.10 Å². The summed E-state index contributed by atoms with van der Waals surface area (Å²) >= 11 is 0.918. The van der Waals surface area contributed by atoms with Crippen molar-refractivity contribution in [3.63, 3.8) is 0 Å². The molecule has 1 N–H and O–H groups in total. The Morgan fingerprint density at radius 1 is 1.35 bits per heavy atom. The summed E-state index contributed by atoms with van der Waals surface area (Å²) < 4.78 is 9.61. The molecule has 1 amide bonds. The summed E-state index contributed by atoms with van der Waals surface area (Å²) in [6.45, 7) is 3.25. The third-order valence-corrected chi connectivity index (χ3v) is 6.02. The van der Waals surface area contributed by atoms with Crippen LogP contribution in [-0.4, -0.2) is 61.0 Å². The third-order valence-electron chi connectivity index (χ3n) is 5.12. The molecule has 0 spiro atoms. The van der Waals surface area contributed by atoms with E-state index >= 15 is 0 Å². The number of nitro benzene ring substituents is 1. The average molecular weight is 490 g/mol. The van der Waals surface area contributed by atoms with Gasteiger partial charge in [0.1, 0.15) is 0 Å². The molecule has 1 aromatic carbocycles.